The predicted octanol–water partition coefficient (Wildman–Crippen LogP) is 6.57. The maximum absolute atomic E-state index is 14.3. The van der Waals surface area contributed by atoms with Gasteiger partial charge in [0.1, 0.15) is 23.6 Å². The molecule has 0 bridgehead atoms. The number of ether oxygens (including phenoxy) is 2. The molecule has 252 valence electrons. The summed E-state index contributed by atoms with van der Waals surface area (Å²) in [5.74, 6) is 1.95. The molecule has 1 saturated carbocycles. The van der Waals surface area contributed by atoms with Crippen LogP contribution < -0.4 is 10.1 Å². The van der Waals surface area contributed by atoms with Crippen molar-refractivity contribution >= 4 is 34.2 Å². The zero-order chi connectivity index (χ0) is 33.3. The van der Waals surface area contributed by atoms with Crippen molar-refractivity contribution in [1.82, 2.24) is 29.4 Å². The summed E-state index contributed by atoms with van der Waals surface area (Å²) in [4.78, 5) is 33.8. The monoisotopic (exact) mass is 681 g/mol. The van der Waals surface area contributed by atoms with E-state index in [1.807, 2.05) is 30.3 Å². The smallest absolute Gasteiger partial charge is 0.257 e. The maximum Gasteiger partial charge on any atom is 0.257 e. The number of anilines is 1. The van der Waals surface area contributed by atoms with Crippen LogP contribution in [0.2, 0.25) is 5.02 Å². The Morgan fingerprint density at radius 2 is 1.86 bits per heavy atom. The van der Waals surface area contributed by atoms with Crippen molar-refractivity contribution in [1.29, 1.82) is 0 Å². The molecule has 8 rings (SSSR count). The summed E-state index contributed by atoms with van der Waals surface area (Å²) in [5, 5.41) is 3.38. The number of benzene rings is 2. The number of rotatable bonds is 11. The first-order valence-electron chi connectivity index (χ1n) is 17.0. The highest BCUT2D eigenvalue weighted by molar-refractivity contribution is 6.30. The minimum Gasteiger partial charge on any atom is -0.474 e. The van der Waals surface area contributed by atoms with Gasteiger partial charge in [0.05, 0.1) is 35.8 Å². The van der Waals surface area contributed by atoms with E-state index >= 15 is 0 Å². The number of likely N-dealkylation sites (tertiary alicyclic amines) is 1. The number of aromatic nitrogens is 5. The van der Waals surface area contributed by atoms with Crippen molar-refractivity contribution < 1.29 is 18.7 Å². The number of fused-ring (bicyclic) bond motifs is 1. The Bertz CT molecular complexity index is 1970. The number of nitrogens with zero attached hydrogens (tertiary/aromatic N) is 6. The summed E-state index contributed by atoms with van der Waals surface area (Å²) in [5.41, 5.74) is 4.65. The van der Waals surface area contributed by atoms with Crippen LogP contribution in [-0.4, -0.2) is 67.2 Å². The maximum atomic E-state index is 14.3. The molecule has 3 fully saturated rings. The fraction of sp³-hybridized carbons (Fsp3) is 0.378. The van der Waals surface area contributed by atoms with Crippen LogP contribution in [0.3, 0.4) is 0 Å². The normalized spacial score (nSPS) is 18.4. The molecule has 5 aromatic rings. The Morgan fingerprint density at radius 1 is 1.00 bits per heavy atom. The number of amides is 1. The van der Waals surface area contributed by atoms with Gasteiger partial charge < -0.3 is 19.4 Å². The lowest BCUT2D eigenvalue weighted by Gasteiger charge is -2.32. The number of hydrogen-bond acceptors (Lipinski definition) is 8. The van der Waals surface area contributed by atoms with Gasteiger partial charge in [0, 0.05) is 66.9 Å². The Balaban J connectivity index is 0.909. The lowest BCUT2D eigenvalue weighted by atomic mass is 10.1. The first-order valence-corrected chi connectivity index (χ1v) is 17.3. The van der Waals surface area contributed by atoms with E-state index in [9.17, 15) is 9.18 Å². The number of imidazole rings is 1. The molecule has 49 heavy (non-hydrogen) atoms. The van der Waals surface area contributed by atoms with Gasteiger partial charge >= 0.3 is 0 Å². The lowest BCUT2D eigenvalue weighted by Crippen LogP contribution is -2.39. The van der Waals surface area contributed by atoms with Gasteiger partial charge in [0.25, 0.3) is 5.91 Å². The van der Waals surface area contributed by atoms with E-state index in [-0.39, 0.29) is 30.4 Å². The zero-order valence-electron chi connectivity index (χ0n) is 27.0. The van der Waals surface area contributed by atoms with Gasteiger partial charge in [-0.2, -0.15) is 4.98 Å². The quantitative estimate of drug-likeness (QED) is 0.167. The minimum absolute atomic E-state index is 0.0136. The van der Waals surface area contributed by atoms with Gasteiger partial charge in [0.2, 0.25) is 5.88 Å². The van der Waals surface area contributed by atoms with Crippen LogP contribution in [0.25, 0.3) is 11.0 Å². The third-order valence-corrected chi connectivity index (χ3v) is 9.77. The molecule has 1 aliphatic carbocycles. The molecule has 10 nitrogen and oxygen atoms in total. The average Bonchev–Trinajstić information content (AvgIpc) is 3.88. The molecule has 1 N–H and O–H groups in total. The summed E-state index contributed by atoms with van der Waals surface area (Å²) >= 11 is 5.89. The molecule has 3 aromatic heterocycles. The summed E-state index contributed by atoms with van der Waals surface area (Å²) in [6, 6.07) is 16.1. The van der Waals surface area contributed by atoms with Crippen molar-refractivity contribution in [2.75, 3.05) is 25.0 Å². The van der Waals surface area contributed by atoms with Crippen LogP contribution in [0, 0.1) is 5.82 Å². The molecule has 2 aliphatic heterocycles. The van der Waals surface area contributed by atoms with E-state index < -0.39 is 0 Å². The summed E-state index contributed by atoms with van der Waals surface area (Å²) in [6.07, 6.45) is 8.81. The van der Waals surface area contributed by atoms with Gasteiger partial charge in [-0.25, -0.2) is 14.4 Å². The first kappa shape index (κ1) is 31.8. The van der Waals surface area contributed by atoms with Crippen molar-refractivity contribution in [3.63, 3.8) is 0 Å². The van der Waals surface area contributed by atoms with Crippen molar-refractivity contribution in [3.8, 4) is 5.88 Å². The van der Waals surface area contributed by atoms with Crippen LogP contribution in [0.15, 0.2) is 67.0 Å². The van der Waals surface area contributed by atoms with Gasteiger partial charge in [-0.3, -0.25) is 14.7 Å². The number of halogens is 2. The molecule has 2 aromatic carbocycles. The fourth-order valence-corrected chi connectivity index (χ4v) is 6.66. The van der Waals surface area contributed by atoms with Crippen molar-refractivity contribution in [3.05, 3.63) is 106 Å². The largest absolute Gasteiger partial charge is 0.474 e. The summed E-state index contributed by atoms with van der Waals surface area (Å²) < 4.78 is 28.6. The SMILES string of the molecule is O=C(Nc1ccc2c(c1)nc(CN1CCC(Oc3ccnc(Cc4ccc(Cl)cc4F)n3)CC1)n2CC1CCO1)c1ccc(C2CC2)nc1. The lowest BCUT2D eigenvalue weighted by molar-refractivity contribution is -0.0592. The second kappa shape index (κ2) is 13.8. The van der Waals surface area contributed by atoms with Gasteiger partial charge in [-0.05, 0) is 80.1 Å². The molecule has 0 spiro atoms. The molecule has 5 heterocycles. The van der Waals surface area contributed by atoms with Crippen LogP contribution >= 0.6 is 11.6 Å². The predicted molar refractivity (Wildman–Crippen MR) is 183 cm³/mol. The third kappa shape index (κ3) is 7.44. The van der Waals surface area contributed by atoms with Crippen LogP contribution in [0.4, 0.5) is 10.1 Å². The Labute approximate surface area is 288 Å². The van der Waals surface area contributed by atoms with E-state index in [2.05, 4.69) is 29.7 Å². The molecule has 1 unspecified atom stereocenters. The molecular formula is C37H37ClFN7O3. The van der Waals surface area contributed by atoms with Crippen LogP contribution in [0.5, 0.6) is 5.88 Å². The Morgan fingerprint density at radius 3 is 2.59 bits per heavy atom. The standard InChI is InChI=1S/C37H37ClFN7O3/c38-26-5-3-24(30(39)18-26)17-34-40-13-9-36(44-34)49-28-10-14-45(15-11-28)22-35-43-32-19-27(6-8-33(32)46(35)21-29-12-16-48-29)42-37(47)25-4-7-31(41-20-25)23-1-2-23/h3-9,13,18-20,23,28-29H,1-2,10-12,14-17,21-22H2,(H,42,47). The molecule has 1 atom stereocenters. The van der Waals surface area contributed by atoms with Crippen molar-refractivity contribution in [2.45, 2.75) is 69.7 Å². The van der Waals surface area contributed by atoms with Gasteiger partial charge in [0.15, 0.2) is 0 Å². The van der Waals surface area contributed by atoms with Crippen LogP contribution in [0.1, 0.15) is 71.3 Å². The van der Waals surface area contributed by atoms with E-state index in [1.54, 1.807) is 30.6 Å². The van der Waals surface area contributed by atoms with E-state index in [1.165, 1.54) is 18.9 Å². The molecule has 3 aliphatic rings. The number of carbonyl (C=O) groups excluding carboxylic acids is 1. The molecule has 12 heteroatoms. The molecule has 0 radical (unpaired) electrons. The third-order valence-electron chi connectivity index (χ3n) is 9.54. The van der Waals surface area contributed by atoms with Gasteiger partial charge in [-0.15, -0.1) is 0 Å². The van der Waals surface area contributed by atoms with Crippen LogP contribution in [-0.2, 0) is 24.2 Å². The van der Waals surface area contributed by atoms with E-state index in [0.29, 0.717) is 46.0 Å². The summed E-state index contributed by atoms with van der Waals surface area (Å²) in [7, 11) is 0. The number of piperidine rings is 1. The summed E-state index contributed by atoms with van der Waals surface area (Å²) in [6.45, 7) is 3.91. The first-order chi connectivity index (χ1) is 23.9. The van der Waals surface area contributed by atoms with Crippen molar-refractivity contribution in [2.24, 2.45) is 0 Å². The number of nitrogens with one attached hydrogen (secondary N) is 1. The second-order valence-electron chi connectivity index (χ2n) is 13.1. The number of carbonyl (C=O) groups is 1. The highest BCUT2D eigenvalue weighted by atomic mass is 35.5. The number of hydrogen-bond donors (Lipinski definition) is 1. The molecular weight excluding hydrogens is 645 g/mol. The highest BCUT2D eigenvalue weighted by Gasteiger charge is 2.27. The Kier molecular flexibility index (Phi) is 8.96. The Hall–Kier alpha value is -4.45. The minimum atomic E-state index is -0.376. The fourth-order valence-electron chi connectivity index (χ4n) is 6.50. The average molecular weight is 682 g/mol. The second-order valence-corrected chi connectivity index (χ2v) is 13.6. The highest BCUT2D eigenvalue weighted by Crippen LogP contribution is 2.38. The van der Waals surface area contributed by atoms with E-state index in [4.69, 9.17) is 26.1 Å². The zero-order valence-corrected chi connectivity index (χ0v) is 27.8. The number of pyridine rings is 1. The molecule has 2 saturated heterocycles. The molecule has 1 amide bonds. The topological polar surface area (TPSA) is 107 Å². The van der Waals surface area contributed by atoms with E-state index in [0.717, 1.165) is 68.1 Å². The van der Waals surface area contributed by atoms with Gasteiger partial charge in [-0.1, -0.05) is 17.7 Å².